The summed E-state index contributed by atoms with van der Waals surface area (Å²) in [5.74, 6) is 0. The van der Waals surface area contributed by atoms with E-state index in [2.05, 4.69) is 51.1 Å². The van der Waals surface area contributed by atoms with Crippen molar-refractivity contribution in [2.75, 3.05) is 0 Å². The van der Waals surface area contributed by atoms with Gasteiger partial charge >= 0.3 is 0 Å². The van der Waals surface area contributed by atoms with E-state index in [1.165, 1.54) is 22.3 Å². The summed E-state index contributed by atoms with van der Waals surface area (Å²) in [6.07, 6.45) is 0.250. The van der Waals surface area contributed by atoms with Gasteiger partial charge in [0.15, 0.2) is 0 Å². The van der Waals surface area contributed by atoms with Gasteiger partial charge in [0.1, 0.15) is 0 Å². The van der Waals surface area contributed by atoms with Crippen molar-refractivity contribution in [2.24, 2.45) is 0 Å². The van der Waals surface area contributed by atoms with Crippen LogP contribution in [0.1, 0.15) is 33.9 Å². The molecule has 1 atom stereocenters. The van der Waals surface area contributed by atoms with Crippen molar-refractivity contribution in [3.05, 3.63) is 70.3 Å². The number of benzene rings is 2. The molecule has 2 aromatic carbocycles. The van der Waals surface area contributed by atoms with Crippen molar-refractivity contribution >= 4 is 0 Å². The van der Waals surface area contributed by atoms with Gasteiger partial charge in [-0.15, -0.1) is 0 Å². The van der Waals surface area contributed by atoms with Gasteiger partial charge in [0.05, 0.1) is 6.10 Å². The van der Waals surface area contributed by atoms with Gasteiger partial charge in [0.25, 0.3) is 0 Å². The predicted molar refractivity (Wildman–Crippen MR) is 75.8 cm³/mol. The van der Waals surface area contributed by atoms with Crippen LogP contribution in [0.3, 0.4) is 0 Å². The molecule has 1 nitrogen and oxygen atoms in total. The molecule has 0 heterocycles. The third-order valence-electron chi connectivity index (χ3n) is 3.30. The van der Waals surface area contributed by atoms with Crippen LogP contribution in [-0.2, 0) is 6.42 Å². The molecule has 0 aliphatic carbocycles. The van der Waals surface area contributed by atoms with E-state index in [-0.39, 0.29) is 0 Å². The van der Waals surface area contributed by atoms with E-state index < -0.39 is 6.10 Å². The first-order valence-corrected chi connectivity index (χ1v) is 6.37. The third-order valence-corrected chi connectivity index (χ3v) is 3.30. The largest absolute Gasteiger partial charge is 0.388 e. The number of aryl methyl sites for hydroxylation is 3. The SMILES string of the molecule is Cc1cc(C)cc(C(O)Cc2ccccc2C)c1. The Bertz CT molecular complexity index is 523. The quantitative estimate of drug-likeness (QED) is 0.863. The normalized spacial score (nSPS) is 12.4. The molecule has 0 fully saturated rings. The Morgan fingerprint density at radius 1 is 0.944 bits per heavy atom. The number of aliphatic hydroxyl groups excluding tert-OH is 1. The van der Waals surface area contributed by atoms with Gasteiger partial charge in [-0.25, -0.2) is 0 Å². The topological polar surface area (TPSA) is 20.2 Å². The van der Waals surface area contributed by atoms with Gasteiger partial charge in [0.2, 0.25) is 0 Å². The van der Waals surface area contributed by atoms with Crippen molar-refractivity contribution < 1.29 is 5.11 Å². The fraction of sp³-hybridized carbons (Fsp3) is 0.294. The smallest absolute Gasteiger partial charge is 0.0830 e. The molecule has 94 valence electrons. The van der Waals surface area contributed by atoms with Crippen LogP contribution in [0.2, 0.25) is 0 Å². The molecule has 0 aliphatic heterocycles. The average Bonchev–Trinajstić information content (AvgIpc) is 2.31. The van der Waals surface area contributed by atoms with E-state index in [4.69, 9.17) is 0 Å². The molecule has 18 heavy (non-hydrogen) atoms. The zero-order valence-corrected chi connectivity index (χ0v) is 11.3. The van der Waals surface area contributed by atoms with Crippen molar-refractivity contribution in [1.82, 2.24) is 0 Å². The first kappa shape index (κ1) is 12.8. The monoisotopic (exact) mass is 240 g/mol. The molecular weight excluding hydrogens is 220 g/mol. The summed E-state index contributed by atoms with van der Waals surface area (Å²) in [5.41, 5.74) is 5.86. The van der Waals surface area contributed by atoms with E-state index in [0.717, 1.165) is 5.56 Å². The molecule has 0 aromatic heterocycles. The van der Waals surface area contributed by atoms with Gasteiger partial charge in [-0.3, -0.25) is 0 Å². The van der Waals surface area contributed by atoms with Gasteiger partial charge in [-0.05, 0) is 37.5 Å². The van der Waals surface area contributed by atoms with E-state index in [0.29, 0.717) is 6.42 Å². The lowest BCUT2D eigenvalue weighted by Crippen LogP contribution is -2.04. The maximum Gasteiger partial charge on any atom is 0.0830 e. The van der Waals surface area contributed by atoms with Crippen molar-refractivity contribution in [1.29, 1.82) is 0 Å². The summed E-state index contributed by atoms with van der Waals surface area (Å²) < 4.78 is 0. The molecule has 0 radical (unpaired) electrons. The standard InChI is InChI=1S/C17H20O/c1-12-8-13(2)10-16(9-12)17(18)11-15-7-5-4-6-14(15)3/h4-10,17-18H,11H2,1-3H3. The molecule has 1 unspecified atom stereocenters. The molecule has 0 spiro atoms. The van der Waals surface area contributed by atoms with Crippen LogP contribution in [0.5, 0.6) is 0 Å². The highest BCUT2D eigenvalue weighted by Gasteiger charge is 2.10. The Morgan fingerprint density at radius 3 is 2.17 bits per heavy atom. The molecule has 2 aromatic rings. The minimum atomic E-state index is -0.426. The summed E-state index contributed by atoms with van der Waals surface area (Å²) in [6.45, 7) is 6.22. The van der Waals surface area contributed by atoms with Crippen LogP contribution < -0.4 is 0 Å². The van der Waals surface area contributed by atoms with E-state index in [1.807, 2.05) is 12.1 Å². The first-order valence-electron chi connectivity index (χ1n) is 6.37. The predicted octanol–water partition coefficient (Wildman–Crippen LogP) is 3.89. The lowest BCUT2D eigenvalue weighted by molar-refractivity contribution is 0.178. The summed E-state index contributed by atoms with van der Waals surface area (Å²) >= 11 is 0. The minimum absolute atomic E-state index is 0.426. The summed E-state index contributed by atoms with van der Waals surface area (Å²) in [6, 6.07) is 14.5. The molecule has 1 heteroatoms. The van der Waals surface area contributed by atoms with Gasteiger partial charge in [-0.1, -0.05) is 53.6 Å². The van der Waals surface area contributed by atoms with Crippen LogP contribution in [0, 0.1) is 20.8 Å². The average molecular weight is 240 g/mol. The lowest BCUT2D eigenvalue weighted by atomic mass is 9.96. The first-order chi connectivity index (χ1) is 8.56. The number of hydrogen-bond donors (Lipinski definition) is 1. The molecule has 0 bridgehead atoms. The second kappa shape index (κ2) is 5.36. The zero-order chi connectivity index (χ0) is 13.1. The Hall–Kier alpha value is -1.60. The summed E-state index contributed by atoms with van der Waals surface area (Å²) in [5, 5.41) is 10.3. The Kier molecular flexibility index (Phi) is 3.83. The zero-order valence-electron chi connectivity index (χ0n) is 11.3. The van der Waals surface area contributed by atoms with Crippen LogP contribution >= 0.6 is 0 Å². The molecule has 0 saturated carbocycles. The maximum atomic E-state index is 10.3. The van der Waals surface area contributed by atoms with Crippen molar-refractivity contribution in [3.63, 3.8) is 0 Å². The lowest BCUT2D eigenvalue weighted by Gasteiger charge is -2.14. The molecule has 0 aliphatic rings. The Morgan fingerprint density at radius 2 is 1.56 bits per heavy atom. The molecule has 0 amide bonds. The molecule has 0 saturated heterocycles. The third kappa shape index (κ3) is 2.99. The van der Waals surface area contributed by atoms with Crippen LogP contribution in [-0.4, -0.2) is 5.11 Å². The molecule has 1 N–H and O–H groups in total. The van der Waals surface area contributed by atoms with Crippen LogP contribution in [0.4, 0.5) is 0 Å². The number of rotatable bonds is 3. The summed E-state index contributed by atoms with van der Waals surface area (Å²) in [4.78, 5) is 0. The highest BCUT2D eigenvalue weighted by Crippen LogP contribution is 2.22. The molecular formula is C17H20O. The van der Waals surface area contributed by atoms with Crippen molar-refractivity contribution in [2.45, 2.75) is 33.3 Å². The van der Waals surface area contributed by atoms with Crippen molar-refractivity contribution in [3.8, 4) is 0 Å². The minimum Gasteiger partial charge on any atom is -0.388 e. The Balaban J connectivity index is 2.22. The number of hydrogen-bond acceptors (Lipinski definition) is 1. The maximum absolute atomic E-state index is 10.3. The highest BCUT2D eigenvalue weighted by molar-refractivity contribution is 5.32. The number of aliphatic hydroxyl groups is 1. The summed E-state index contributed by atoms with van der Waals surface area (Å²) in [7, 11) is 0. The van der Waals surface area contributed by atoms with Gasteiger partial charge in [-0.2, -0.15) is 0 Å². The van der Waals surface area contributed by atoms with E-state index in [1.54, 1.807) is 0 Å². The second-order valence-corrected chi connectivity index (χ2v) is 5.07. The van der Waals surface area contributed by atoms with E-state index in [9.17, 15) is 5.11 Å². The van der Waals surface area contributed by atoms with Gasteiger partial charge < -0.3 is 5.11 Å². The fourth-order valence-electron chi connectivity index (χ4n) is 2.37. The second-order valence-electron chi connectivity index (χ2n) is 5.07. The van der Waals surface area contributed by atoms with E-state index >= 15 is 0 Å². The van der Waals surface area contributed by atoms with Gasteiger partial charge in [0, 0.05) is 6.42 Å². The van der Waals surface area contributed by atoms with Crippen LogP contribution in [0.15, 0.2) is 42.5 Å². The Labute approximate surface area is 109 Å². The van der Waals surface area contributed by atoms with Crippen LogP contribution in [0.25, 0.3) is 0 Å². The fourth-order valence-corrected chi connectivity index (χ4v) is 2.37. The highest BCUT2D eigenvalue weighted by atomic mass is 16.3. The molecule has 2 rings (SSSR count).